The molecule has 0 fully saturated rings. The summed E-state index contributed by atoms with van der Waals surface area (Å²) in [6.45, 7) is 4.08. The fourth-order valence-electron chi connectivity index (χ4n) is 1.69. The molecule has 0 saturated carbocycles. The third-order valence-corrected chi connectivity index (χ3v) is 2.67. The van der Waals surface area contributed by atoms with Crippen molar-refractivity contribution in [3.05, 3.63) is 65.2 Å². The first-order valence-corrected chi connectivity index (χ1v) is 5.63. The van der Waals surface area contributed by atoms with Gasteiger partial charge < -0.3 is 5.73 Å². The number of amidine groups is 1. The molecule has 0 aliphatic heterocycles. The predicted octanol–water partition coefficient (Wildman–Crippen LogP) is 3.34. The molecule has 17 heavy (non-hydrogen) atoms. The van der Waals surface area contributed by atoms with Crippen LogP contribution < -0.4 is 5.73 Å². The van der Waals surface area contributed by atoms with Crippen LogP contribution in [0.3, 0.4) is 0 Å². The zero-order valence-electron chi connectivity index (χ0n) is 10.1. The molecule has 0 spiro atoms. The summed E-state index contributed by atoms with van der Waals surface area (Å²) in [7, 11) is 0. The van der Waals surface area contributed by atoms with Crippen LogP contribution in [0.1, 0.15) is 16.7 Å². The highest BCUT2D eigenvalue weighted by Crippen LogP contribution is 2.18. The molecule has 2 aromatic rings. The lowest BCUT2D eigenvalue weighted by atomic mass is 10.1. The molecule has 2 nitrogen and oxygen atoms in total. The van der Waals surface area contributed by atoms with Crippen molar-refractivity contribution < 1.29 is 0 Å². The van der Waals surface area contributed by atoms with Gasteiger partial charge in [0.25, 0.3) is 0 Å². The van der Waals surface area contributed by atoms with Crippen LogP contribution in [0.15, 0.2) is 53.5 Å². The Morgan fingerprint density at radius 1 is 1.00 bits per heavy atom. The first-order valence-electron chi connectivity index (χ1n) is 5.63. The Labute approximate surface area is 102 Å². The number of benzene rings is 2. The minimum absolute atomic E-state index is 0.558. The molecule has 0 bridgehead atoms. The zero-order valence-corrected chi connectivity index (χ0v) is 10.1. The van der Waals surface area contributed by atoms with Crippen LogP contribution in [0.2, 0.25) is 0 Å². The summed E-state index contributed by atoms with van der Waals surface area (Å²) in [6.07, 6.45) is 0. The number of hydrogen-bond acceptors (Lipinski definition) is 1. The maximum atomic E-state index is 6.01. The van der Waals surface area contributed by atoms with E-state index in [1.165, 1.54) is 5.56 Å². The summed E-state index contributed by atoms with van der Waals surface area (Å²) < 4.78 is 0. The lowest BCUT2D eigenvalue weighted by Gasteiger charge is -2.04. The lowest BCUT2D eigenvalue weighted by molar-refractivity contribution is 1.37. The Kier molecular flexibility index (Phi) is 3.24. The molecule has 2 N–H and O–H groups in total. The highest BCUT2D eigenvalue weighted by atomic mass is 14.9. The van der Waals surface area contributed by atoms with E-state index in [4.69, 9.17) is 5.73 Å². The smallest absolute Gasteiger partial charge is 0.131 e. The van der Waals surface area contributed by atoms with Crippen LogP contribution in [-0.4, -0.2) is 5.84 Å². The van der Waals surface area contributed by atoms with Crippen molar-refractivity contribution in [3.63, 3.8) is 0 Å². The second-order valence-electron chi connectivity index (χ2n) is 4.15. The molecule has 0 heterocycles. The van der Waals surface area contributed by atoms with Gasteiger partial charge in [0.2, 0.25) is 0 Å². The highest BCUT2D eigenvalue weighted by Gasteiger charge is 2.00. The molecular formula is C15H16N2. The molecule has 0 amide bonds. The van der Waals surface area contributed by atoms with E-state index in [9.17, 15) is 0 Å². The van der Waals surface area contributed by atoms with Gasteiger partial charge in [-0.3, -0.25) is 0 Å². The Bertz CT molecular complexity index is 556. The van der Waals surface area contributed by atoms with Gasteiger partial charge in [0.1, 0.15) is 5.84 Å². The maximum Gasteiger partial charge on any atom is 0.131 e. The SMILES string of the molecule is Cc1cccc(C(N)=Nc2ccccc2C)c1. The molecule has 0 saturated heterocycles. The minimum Gasteiger partial charge on any atom is -0.383 e. The molecule has 0 atom stereocenters. The largest absolute Gasteiger partial charge is 0.383 e. The predicted molar refractivity (Wildman–Crippen MR) is 72.7 cm³/mol. The topological polar surface area (TPSA) is 38.4 Å². The second kappa shape index (κ2) is 4.83. The number of nitrogens with two attached hydrogens (primary N) is 1. The summed E-state index contributed by atoms with van der Waals surface area (Å²) in [5.74, 6) is 0.558. The van der Waals surface area contributed by atoms with Crippen LogP contribution in [0.4, 0.5) is 5.69 Å². The maximum absolute atomic E-state index is 6.01. The number of aryl methyl sites for hydroxylation is 2. The van der Waals surface area contributed by atoms with Crippen molar-refractivity contribution in [3.8, 4) is 0 Å². The van der Waals surface area contributed by atoms with Gasteiger partial charge in [-0.25, -0.2) is 4.99 Å². The first kappa shape index (κ1) is 11.4. The van der Waals surface area contributed by atoms with E-state index in [1.54, 1.807) is 0 Å². The van der Waals surface area contributed by atoms with Crippen LogP contribution in [0, 0.1) is 13.8 Å². The van der Waals surface area contributed by atoms with Gasteiger partial charge in [-0.1, -0.05) is 42.0 Å². The van der Waals surface area contributed by atoms with Crippen molar-refractivity contribution in [1.82, 2.24) is 0 Å². The van der Waals surface area contributed by atoms with Gasteiger partial charge in [-0.15, -0.1) is 0 Å². The average Bonchev–Trinajstić information content (AvgIpc) is 2.32. The van der Waals surface area contributed by atoms with Crippen molar-refractivity contribution in [1.29, 1.82) is 0 Å². The summed E-state index contributed by atoms with van der Waals surface area (Å²) in [6, 6.07) is 16.0. The van der Waals surface area contributed by atoms with Crippen molar-refractivity contribution in [2.75, 3.05) is 0 Å². The van der Waals surface area contributed by atoms with Gasteiger partial charge in [-0.05, 0) is 31.5 Å². The van der Waals surface area contributed by atoms with E-state index in [1.807, 2.05) is 62.4 Å². The quantitative estimate of drug-likeness (QED) is 0.616. The molecule has 2 rings (SSSR count). The normalized spacial score (nSPS) is 11.5. The Hall–Kier alpha value is -2.09. The number of hydrogen-bond donors (Lipinski definition) is 1. The van der Waals surface area contributed by atoms with Gasteiger partial charge >= 0.3 is 0 Å². The van der Waals surface area contributed by atoms with Gasteiger partial charge in [0.15, 0.2) is 0 Å². The summed E-state index contributed by atoms with van der Waals surface area (Å²) in [5.41, 5.74) is 10.2. The molecule has 0 aliphatic carbocycles. The molecule has 2 heteroatoms. The number of nitrogens with zero attached hydrogens (tertiary/aromatic N) is 1. The Morgan fingerprint density at radius 2 is 1.76 bits per heavy atom. The number of aliphatic imine (C=N–C) groups is 1. The standard InChI is InChI=1S/C15H16N2/c1-11-6-5-8-13(10-11)15(16)17-14-9-4-3-7-12(14)2/h3-10H,1-2H3,(H2,16,17). The monoisotopic (exact) mass is 224 g/mol. The van der Waals surface area contributed by atoms with Crippen LogP contribution in [-0.2, 0) is 0 Å². The van der Waals surface area contributed by atoms with E-state index in [-0.39, 0.29) is 0 Å². The molecule has 86 valence electrons. The van der Waals surface area contributed by atoms with Crippen molar-refractivity contribution >= 4 is 11.5 Å². The van der Waals surface area contributed by atoms with Crippen LogP contribution >= 0.6 is 0 Å². The van der Waals surface area contributed by atoms with Crippen LogP contribution in [0.5, 0.6) is 0 Å². The van der Waals surface area contributed by atoms with E-state index >= 15 is 0 Å². The Morgan fingerprint density at radius 3 is 2.47 bits per heavy atom. The minimum atomic E-state index is 0.558. The fourth-order valence-corrected chi connectivity index (χ4v) is 1.69. The Balaban J connectivity index is 2.38. The van der Waals surface area contributed by atoms with Crippen LogP contribution in [0.25, 0.3) is 0 Å². The molecule has 0 aliphatic rings. The van der Waals surface area contributed by atoms with Gasteiger partial charge in [0, 0.05) is 5.56 Å². The van der Waals surface area contributed by atoms with Gasteiger partial charge in [0.05, 0.1) is 5.69 Å². The third-order valence-electron chi connectivity index (χ3n) is 2.67. The molecule has 0 aromatic heterocycles. The first-order chi connectivity index (χ1) is 8.16. The summed E-state index contributed by atoms with van der Waals surface area (Å²) in [4.78, 5) is 4.46. The third kappa shape index (κ3) is 2.72. The van der Waals surface area contributed by atoms with Crippen molar-refractivity contribution in [2.45, 2.75) is 13.8 Å². The number of para-hydroxylation sites is 1. The lowest BCUT2D eigenvalue weighted by Crippen LogP contribution is -2.12. The van der Waals surface area contributed by atoms with E-state index in [2.05, 4.69) is 4.99 Å². The second-order valence-corrected chi connectivity index (χ2v) is 4.15. The van der Waals surface area contributed by atoms with E-state index < -0.39 is 0 Å². The fraction of sp³-hybridized carbons (Fsp3) is 0.133. The number of rotatable bonds is 2. The molecule has 0 unspecified atom stereocenters. The van der Waals surface area contributed by atoms with Crippen molar-refractivity contribution in [2.24, 2.45) is 10.7 Å². The summed E-state index contributed by atoms with van der Waals surface area (Å²) in [5, 5.41) is 0. The van der Waals surface area contributed by atoms with E-state index in [0.717, 1.165) is 16.8 Å². The highest BCUT2D eigenvalue weighted by molar-refractivity contribution is 5.99. The average molecular weight is 224 g/mol. The van der Waals surface area contributed by atoms with E-state index in [0.29, 0.717) is 5.84 Å². The summed E-state index contributed by atoms with van der Waals surface area (Å²) >= 11 is 0. The zero-order chi connectivity index (χ0) is 12.3. The molecule has 2 aromatic carbocycles. The molecule has 0 radical (unpaired) electrons. The molecular weight excluding hydrogens is 208 g/mol. The van der Waals surface area contributed by atoms with Gasteiger partial charge in [-0.2, -0.15) is 0 Å².